The lowest BCUT2D eigenvalue weighted by Gasteiger charge is -2.10. The van der Waals surface area contributed by atoms with Crippen molar-refractivity contribution >= 4 is 17.1 Å². The number of aromatic amines is 1. The summed E-state index contributed by atoms with van der Waals surface area (Å²) in [7, 11) is 1.57. The predicted octanol–water partition coefficient (Wildman–Crippen LogP) is 0.266. The van der Waals surface area contributed by atoms with Gasteiger partial charge in [-0.25, -0.2) is 4.79 Å². The lowest BCUT2D eigenvalue weighted by molar-refractivity contribution is 0.292. The molecule has 3 rings (SSSR count). The zero-order valence-corrected chi connectivity index (χ0v) is 13.3. The standard InChI is InChI=1S/C16H19N5O3/c1-20-13-12(14(23)19-16(20)24)21(10-11-6-3-2-4-7-11)15(18-13)17-8-5-9-22/h2-4,6-7,22H,5,8-10H2,1H3,(H,17,18)(H,19,23,24). The first-order valence-corrected chi connectivity index (χ1v) is 7.70. The van der Waals surface area contributed by atoms with E-state index in [1.165, 1.54) is 4.57 Å². The topological polar surface area (TPSA) is 105 Å². The van der Waals surface area contributed by atoms with Crippen LogP contribution >= 0.6 is 0 Å². The van der Waals surface area contributed by atoms with Gasteiger partial charge in [0.2, 0.25) is 5.95 Å². The average molecular weight is 329 g/mol. The van der Waals surface area contributed by atoms with E-state index in [0.29, 0.717) is 36.6 Å². The van der Waals surface area contributed by atoms with Crippen LogP contribution in [0, 0.1) is 0 Å². The van der Waals surface area contributed by atoms with Crippen molar-refractivity contribution in [2.75, 3.05) is 18.5 Å². The zero-order chi connectivity index (χ0) is 17.1. The van der Waals surface area contributed by atoms with Gasteiger partial charge in [0.05, 0.1) is 6.54 Å². The number of aliphatic hydroxyl groups excluding tert-OH is 1. The number of fused-ring (bicyclic) bond motifs is 1. The molecule has 8 nitrogen and oxygen atoms in total. The monoisotopic (exact) mass is 329 g/mol. The van der Waals surface area contributed by atoms with Gasteiger partial charge >= 0.3 is 5.69 Å². The van der Waals surface area contributed by atoms with Gasteiger partial charge in [0.15, 0.2) is 11.2 Å². The fourth-order valence-electron chi connectivity index (χ4n) is 2.57. The number of aryl methyl sites for hydroxylation is 1. The Morgan fingerprint density at radius 3 is 2.71 bits per heavy atom. The Hall–Kier alpha value is -2.87. The van der Waals surface area contributed by atoms with Crippen molar-refractivity contribution in [3.8, 4) is 0 Å². The summed E-state index contributed by atoms with van der Waals surface area (Å²) >= 11 is 0. The second-order valence-corrected chi connectivity index (χ2v) is 5.50. The molecule has 0 saturated carbocycles. The summed E-state index contributed by atoms with van der Waals surface area (Å²) in [5, 5.41) is 12.1. The number of imidazole rings is 1. The maximum Gasteiger partial charge on any atom is 0.329 e. The van der Waals surface area contributed by atoms with E-state index in [-0.39, 0.29) is 6.61 Å². The molecule has 126 valence electrons. The normalized spacial score (nSPS) is 11.1. The smallest absolute Gasteiger partial charge is 0.329 e. The van der Waals surface area contributed by atoms with Gasteiger partial charge in [-0.15, -0.1) is 0 Å². The van der Waals surface area contributed by atoms with E-state index in [2.05, 4.69) is 15.3 Å². The number of aliphatic hydroxyl groups is 1. The third-order valence-corrected chi connectivity index (χ3v) is 3.81. The minimum Gasteiger partial charge on any atom is -0.396 e. The number of hydrogen-bond donors (Lipinski definition) is 3. The molecule has 0 aliphatic rings. The third-order valence-electron chi connectivity index (χ3n) is 3.81. The van der Waals surface area contributed by atoms with E-state index in [1.54, 1.807) is 11.6 Å². The molecule has 0 aliphatic heterocycles. The number of nitrogens with zero attached hydrogens (tertiary/aromatic N) is 3. The molecule has 0 saturated heterocycles. The van der Waals surface area contributed by atoms with Crippen LogP contribution in [0.25, 0.3) is 11.2 Å². The fraction of sp³-hybridized carbons (Fsp3) is 0.312. The van der Waals surface area contributed by atoms with Gasteiger partial charge in [-0.1, -0.05) is 30.3 Å². The van der Waals surface area contributed by atoms with E-state index in [1.807, 2.05) is 30.3 Å². The molecule has 0 unspecified atom stereocenters. The molecule has 2 heterocycles. The van der Waals surface area contributed by atoms with Crippen LogP contribution < -0.4 is 16.6 Å². The van der Waals surface area contributed by atoms with Gasteiger partial charge in [0.25, 0.3) is 5.56 Å². The maximum atomic E-state index is 12.3. The Kier molecular flexibility index (Phi) is 4.48. The Labute approximate surface area is 137 Å². The SMILES string of the molecule is Cn1c(=O)[nH]c(=O)c2c1nc(NCCCO)n2Cc1ccccc1. The van der Waals surface area contributed by atoms with Crippen LogP contribution in [0.15, 0.2) is 39.9 Å². The molecule has 0 fully saturated rings. The van der Waals surface area contributed by atoms with Crippen LogP contribution in [0.3, 0.4) is 0 Å². The second kappa shape index (κ2) is 6.71. The molecule has 24 heavy (non-hydrogen) atoms. The summed E-state index contributed by atoms with van der Waals surface area (Å²) in [6.45, 7) is 1.02. The first kappa shape index (κ1) is 16.0. The predicted molar refractivity (Wildman–Crippen MR) is 91.3 cm³/mol. The molecular formula is C16H19N5O3. The van der Waals surface area contributed by atoms with Gasteiger partial charge in [0.1, 0.15) is 0 Å². The van der Waals surface area contributed by atoms with Crippen LogP contribution in [0.5, 0.6) is 0 Å². The molecule has 0 aliphatic carbocycles. The highest BCUT2D eigenvalue weighted by Gasteiger charge is 2.17. The molecule has 0 radical (unpaired) electrons. The first-order valence-electron chi connectivity index (χ1n) is 7.70. The van der Waals surface area contributed by atoms with Gasteiger partial charge in [-0.05, 0) is 12.0 Å². The molecule has 3 N–H and O–H groups in total. The summed E-state index contributed by atoms with van der Waals surface area (Å²) < 4.78 is 3.07. The van der Waals surface area contributed by atoms with E-state index in [9.17, 15) is 9.59 Å². The molecule has 2 aromatic heterocycles. The third kappa shape index (κ3) is 2.95. The molecule has 0 amide bonds. The van der Waals surface area contributed by atoms with Crippen LogP contribution in [0.1, 0.15) is 12.0 Å². The van der Waals surface area contributed by atoms with Gasteiger partial charge in [-0.2, -0.15) is 4.98 Å². The fourth-order valence-corrected chi connectivity index (χ4v) is 2.57. The van der Waals surface area contributed by atoms with Crippen LogP contribution in [0.2, 0.25) is 0 Å². The highest BCUT2D eigenvalue weighted by atomic mass is 16.3. The Morgan fingerprint density at radius 2 is 2.00 bits per heavy atom. The Balaban J connectivity index is 2.15. The van der Waals surface area contributed by atoms with Crippen molar-refractivity contribution in [3.63, 3.8) is 0 Å². The number of benzene rings is 1. The summed E-state index contributed by atoms with van der Waals surface area (Å²) in [6, 6.07) is 9.69. The number of aromatic nitrogens is 4. The molecular weight excluding hydrogens is 310 g/mol. The highest BCUT2D eigenvalue weighted by molar-refractivity contribution is 5.74. The Morgan fingerprint density at radius 1 is 1.25 bits per heavy atom. The number of hydrogen-bond acceptors (Lipinski definition) is 5. The zero-order valence-electron chi connectivity index (χ0n) is 13.3. The number of H-pyrrole nitrogens is 1. The van der Waals surface area contributed by atoms with Crippen LogP contribution in [-0.2, 0) is 13.6 Å². The number of anilines is 1. The van der Waals surface area contributed by atoms with Gasteiger partial charge < -0.3 is 10.4 Å². The van der Waals surface area contributed by atoms with Crippen molar-refractivity contribution in [2.45, 2.75) is 13.0 Å². The molecule has 8 heteroatoms. The number of nitrogens with one attached hydrogen (secondary N) is 2. The minimum atomic E-state index is -0.501. The quantitative estimate of drug-likeness (QED) is 0.563. The molecule has 0 atom stereocenters. The van der Waals surface area contributed by atoms with E-state index in [4.69, 9.17) is 5.11 Å². The van der Waals surface area contributed by atoms with E-state index in [0.717, 1.165) is 5.56 Å². The summed E-state index contributed by atoms with van der Waals surface area (Å²) in [4.78, 5) is 30.8. The Bertz CT molecular complexity index is 955. The average Bonchev–Trinajstić information content (AvgIpc) is 2.93. The lowest BCUT2D eigenvalue weighted by Crippen LogP contribution is -2.29. The first-order chi connectivity index (χ1) is 11.6. The lowest BCUT2D eigenvalue weighted by atomic mass is 10.2. The van der Waals surface area contributed by atoms with Crippen molar-refractivity contribution in [3.05, 3.63) is 56.7 Å². The van der Waals surface area contributed by atoms with Crippen molar-refractivity contribution in [1.82, 2.24) is 19.1 Å². The summed E-state index contributed by atoms with van der Waals surface area (Å²) in [6.07, 6.45) is 0.559. The van der Waals surface area contributed by atoms with Crippen LogP contribution in [-0.4, -0.2) is 37.4 Å². The molecule has 0 spiro atoms. The van der Waals surface area contributed by atoms with Crippen molar-refractivity contribution in [2.24, 2.45) is 7.05 Å². The summed E-state index contributed by atoms with van der Waals surface area (Å²) in [5.41, 5.74) is 0.708. The number of rotatable bonds is 6. The molecule has 3 aromatic rings. The largest absolute Gasteiger partial charge is 0.396 e. The van der Waals surface area contributed by atoms with Gasteiger partial charge in [-0.3, -0.25) is 18.9 Å². The molecule has 1 aromatic carbocycles. The van der Waals surface area contributed by atoms with Crippen molar-refractivity contribution < 1.29 is 5.11 Å². The highest BCUT2D eigenvalue weighted by Crippen LogP contribution is 2.17. The minimum absolute atomic E-state index is 0.0605. The maximum absolute atomic E-state index is 12.3. The van der Waals surface area contributed by atoms with E-state index >= 15 is 0 Å². The van der Waals surface area contributed by atoms with Crippen LogP contribution in [0.4, 0.5) is 5.95 Å². The van der Waals surface area contributed by atoms with Crippen molar-refractivity contribution in [1.29, 1.82) is 0 Å². The van der Waals surface area contributed by atoms with E-state index < -0.39 is 11.2 Å². The summed E-state index contributed by atoms with van der Waals surface area (Å²) in [5.74, 6) is 0.494. The second-order valence-electron chi connectivity index (χ2n) is 5.50. The molecule has 0 bridgehead atoms. The van der Waals surface area contributed by atoms with Gasteiger partial charge in [0, 0.05) is 20.2 Å².